The largest absolute Gasteiger partial charge is 0.298 e. The van der Waals surface area contributed by atoms with Gasteiger partial charge in [-0.05, 0) is 6.42 Å². The van der Waals surface area contributed by atoms with Crippen molar-refractivity contribution in [3.63, 3.8) is 0 Å². The van der Waals surface area contributed by atoms with Crippen LogP contribution in [0.25, 0.3) is 0 Å². The minimum absolute atomic E-state index is 0.00641. The lowest BCUT2D eigenvalue weighted by molar-refractivity contribution is -0.531. The lowest BCUT2D eigenvalue weighted by atomic mass is 9.87. The zero-order valence-corrected chi connectivity index (χ0v) is 8.78. The predicted molar refractivity (Wildman–Crippen MR) is 51.2 cm³/mol. The average molecular weight is 248 g/mol. The average Bonchev–Trinajstić information content (AvgIpc) is 2.03. The van der Waals surface area contributed by atoms with E-state index in [1.807, 2.05) is 6.92 Å². The van der Waals surface area contributed by atoms with Crippen LogP contribution in [0, 0.1) is 16.0 Å². The molecule has 72 valence electrons. The van der Waals surface area contributed by atoms with Gasteiger partial charge in [0.15, 0.2) is 0 Å². The Kier molecular flexibility index (Phi) is 3.19. The van der Waals surface area contributed by atoms with Gasteiger partial charge in [0.1, 0.15) is 6.29 Å². The molecule has 0 bridgehead atoms. The van der Waals surface area contributed by atoms with Crippen LogP contribution in [0.1, 0.15) is 19.8 Å². The Balaban J connectivity index is 2.87. The highest BCUT2D eigenvalue weighted by molar-refractivity contribution is 9.11. The molecule has 4 nitrogen and oxygen atoms in total. The molecule has 0 aromatic rings. The second kappa shape index (κ2) is 4.00. The van der Waals surface area contributed by atoms with Crippen LogP contribution < -0.4 is 0 Å². The third-order valence-electron chi connectivity index (χ3n) is 2.35. The van der Waals surface area contributed by atoms with Gasteiger partial charge in [-0.3, -0.25) is 14.9 Å². The quantitative estimate of drug-likeness (QED) is 0.426. The molecule has 0 aromatic heterocycles. The van der Waals surface area contributed by atoms with Crippen LogP contribution in [-0.4, -0.2) is 17.3 Å². The minimum atomic E-state index is -0.610. The Morgan fingerprint density at radius 1 is 1.62 bits per heavy atom. The van der Waals surface area contributed by atoms with Crippen molar-refractivity contribution in [1.29, 1.82) is 0 Å². The lowest BCUT2D eigenvalue weighted by Crippen LogP contribution is -2.31. The van der Waals surface area contributed by atoms with E-state index in [1.54, 1.807) is 0 Å². The van der Waals surface area contributed by atoms with Crippen molar-refractivity contribution in [1.82, 2.24) is 0 Å². The number of hydrogen-bond donors (Lipinski definition) is 0. The van der Waals surface area contributed by atoms with Gasteiger partial charge in [-0.15, -0.1) is 0 Å². The van der Waals surface area contributed by atoms with Crippen LogP contribution in [0.2, 0.25) is 0 Å². The van der Waals surface area contributed by atoms with E-state index in [0.29, 0.717) is 18.3 Å². The zero-order chi connectivity index (χ0) is 10.0. The summed E-state index contributed by atoms with van der Waals surface area (Å²) >= 11 is 3.26. The predicted octanol–water partition coefficient (Wildman–Crippen LogP) is 1.91. The van der Waals surface area contributed by atoms with Crippen LogP contribution in [0.3, 0.4) is 0 Å². The van der Waals surface area contributed by atoms with E-state index in [2.05, 4.69) is 15.9 Å². The summed E-state index contributed by atoms with van der Waals surface area (Å²) in [5, 5.41) is 10.6. The molecule has 0 amide bonds. The van der Waals surface area contributed by atoms with E-state index in [0.717, 1.165) is 4.48 Å². The molecule has 1 rings (SSSR count). The van der Waals surface area contributed by atoms with Crippen LogP contribution >= 0.6 is 15.9 Å². The molecule has 2 unspecified atom stereocenters. The number of rotatable bonds is 2. The van der Waals surface area contributed by atoms with Crippen molar-refractivity contribution in [3.05, 3.63) is 20.2 Å². The SMILES string of the molecule is CC1CC(Br)=C(C=O)CC1[N+](=O)[O-]. The molecule has 0 saturated carbocycles. The van der Waals surface area contributed by atoms with Gasteiger partial charge in [-0.1, -0.05) is 22.9 Å². The smallest absolute Gasteiger partial charge is 0.220 e. The van der Waals surface area contributed by atoms with Gasteiger partial charge < -0.3 is 0 Å². The van der Waals surface area contributed by atoms with Crippen molar-refractivity contribution >= 4 is 22.2 Å². The molecular formula is C8H10BrNO3. The maximum atomic E-state index is 10.6. The van der Waals surface area contributed by atoms with Crippen molar-refractivity contribution in [2.24, 2.45) is 5.92 Å². The van der Waals surface area contributed by atoms with Gasteiger partial charge in [0.05, 0.1) is 0 Å². The van der Waals surface area contributed by atoms with Gasteiger partial charge in [0, 0.05) is 27.3 Å². The van der Waals surface area contributed by atoms with Crippen LogP contribution in [-0.2, 0) is 4.79 Å². The summed E-state index contributed by atoms with van der Waals surface area (Å²) in [5.41, 5.74) is 0.528. The normalized spacial score (nSPS) is 28.8. The Hall–Kier alpha value is -0.710. The number of carbonyl (C=O) groups is 1. The van der Waals surface area contributed by atoms with E-state index in [9.17, 15) is 14.9 Å². The number of halogens is 1. The summed E-state index contributed by atoms with van der Waals surface area (Å²) in [5.74, 6) is -0.00641. The minimum Gasteiger partial charge on any atom is -0.298 e. The summed E-state index contributed by atoms with van der Waals surface area (Å²) in [6.45, 7) is 1.83. The molecule has 0 spiro atoms. The molecule has 1 aliphatic carbocycles. The Labute approximate surface area is 84.3 Å². The number of nitrogens with zero attached hydrogens (tertiary/aromatic N) is 1. The topological polar surface area (TPSA) is 60.2 Å². The fraction of sp³-hybridized carbons (Fsp3) is 0.625. The summed E-state index contributed by atoms with van der Waals surface area (Å²) < 4.78 is 0.813. The second-order valence-corrected chi connectivity index (χ2v) is 4.24. The molecule has 0 aromatic carbocycles. The number of aldehydes is 1. The maximum Gasteiger partial charge on any atom is 0.220 e. The molecule has 1 aliphatic rings. The van der Waals surface area contributed by atoms with Gasteiger partial charge in [0.2, 0.25) is 6.04 Å². The number of hydrogen-bond acceptors (Lipinski definition) is 3. The van der Waals surface area contributed by atoms with E-state index in [-0.39, 0.29) is 17.3 Å². The highest BCUT2D eigenvalue weighted by Crippen LogP contribution is 2.33. The van der Waals surface area contributed by atoms with Gasteiger partial charge in [-0.2, -0.15) is 0 Å². The van der Waals surface area contributed by atoms with Crippen LogP contribution in [0.4, 0.5) is 0 Å². The first kappa shape index (κ1) is 10.4. The molecule has 0 aliphatic heterocycles. The second-order valence-electron chi connectivity index (χ2n) is 3.29. The standard InChI is InChI=1S/C8H10BrNO3/c1-5-2-7(9)6(4-11)3-8(5)10(12)13/h4-5,8H,2-3H2,1H3. The summed E-state index contributed by atoms with van der Waals surface area (Å²) in [6, 6.07) is -0.610. The first-order valence-corrected chi connectivity index (χ1v) is 4.81. The van der Waals surface area contributed by atoms with Gasteiger partial charge in [0.25, 0.3) is 0 Å². The maximum absolute atomic E-state index is 10.6. The monoisotopic (exact) mass is 247 g/mol. The molecular weight excluding hydrogens is 238 g/mol. The first-order chi connectivity index (χ1) is 6.06. The fourth-order valence-corrected chi connectivity index (χ4v) is 2.25. The number of nitro groups is 1. The van der Waals surface area contributed by atoms with E-state index >= 15 is 0 Å². The highest BCUT2D eigenvalue weighted by atomic mass is 79.9. The van der Waals surface area contributed by atoms with Crippen molar-refractivity contribution in [3.8, 4) is 0 Å². The Morgan fingerprint density at radius 3 is 2.69 bits per heavy atom. The van der Waals surface area contributed by atoms with E-state index < -0.39 is 6.04 Å². The van der Waals surface area contributed by atoms with Crippen molar-refractivity contribution in [2.75, 3.05) is 0 Å². The Bertz CT molecular complexity index is 275. The third kappa shape index (κ3) is 2.15. The summed E-state index contributed by atoms with van der Waals surface area (Å²) in [7, 11) is 0. The molecule has 5 heteroatoms. The third-order valence-corrected chi connectivity index (χ3v) is 3.18. The highest BCUT2D eigenvalue weighted by Gasteiger charge is 2.34. The molecule has 0 heterocycles. The fourth-order valence-electron chi connectivity index (χ4n) is 1.48. The van der Waals surface area contributed by atoms with Crippen molar-refractivity contribution in [2.45, 2.75) is 25.8 Å². The molecule has 0 fully saturated rings. The van der Waals surface area contributed by atoms with Gasteiger partial charge in [-0.25, -0.2) is 0 Å². The lowest BCUT2D eigenvalue weighted by Gasteiger charge is -2.22. The first-order valence-electron chi connectivity index (χ1n) is 4.02. The Morgan fingerprint density at radius 2 is 2.23 bits per heavy atom. The summed E-state index contributed by atoms with van der Waals surface area (Å²) in [4.78, 5) is 20.8. The van der Waals surface area contributed by atoms with Crippen molar-refractivity contribution < 1.29 is 9.72 Å². The van der Waals surface area contributed by atoms with E-state index in [4.69, 9.17) is 0 Å². The number of carbonyl (C=O) groups excluding carboxylic acids is 1. The van der Waals surface area contributed by atoms with Crippen LogP contribution in [0.15, 0.2) is 10.1 Å². The van der Waals surface area contributed by atoms with Gasteiger partial charge >= 0.3 is 0 Å². The summed E-state index contributed by atoms with van der Waals surface area (Å²) in [6.07, 6.45) is 1.53. The van der Waals surface area contributed by atoms with Crippen LogP contribution in [0.5, 0.6) is 0 Å². The number of allylic oxidation sites excluding steroid dienone is 1. The van der Waals surface area contributed by atoms with E-state index in [1.165, 1.54) is 0 Å². The molecule has 0 radical (unpaired) electrons. The molecule has 2 atom stereocenters. The zero-order valence-electron chi connectivity index (χ0n) is 7.20. The molecule has 0 saturated heterocycles. The molecule has 0 N–H and O–H groups in total. The molecule has 13 heavy (non-hydrogen) atoms.